The van der Waals surface area contributed by atoms with E-state index in [0.29, 0.717) is 12.4 Å². The van der Waals surface area contributed by atoms with Gasteiger partial charge in [-0.2, -0.15) is 4.80 Å². The minimum atomic E-state index is 0.617. The van der Waals surface area contributed by atoms with Crippen LogP contribution in [0.3, 0.4) is 0 Å². The van der Waals surface area contributed by atoms with Crippen molar-refractivity contribution in [1.82, 2.24) is 20.2 Å². The highest BCUT2D eigenvalue weighted by atomic mass is 79.9. The van der Waals surface area contributed by atoms with Gasteiger partial charge in [0, 0.05) is 14.9 Å². The number of aromatic nitrogens is 4. The average Bonchev–Trinajstić information content (AvgIpc) is 2.97. The molecule has 21 heavy (non-hydrogen) atoms. The van der Waals surface area contributed by atoms with Crippen LogP contribution in [0.4, 0.5) is 0 Å². The summed E-state index contributed by atoms with van der Waals surface area (Å²) in [6.07, 6.45) is 2.07. The molecule has 0 spiro atoms. The molecule has 4 nitrogen and oxygen atoms in total. The first kappa shape index (κ1) is 14.3. The van der Waals surface area contributed by atoms with E-state index in [1.54, 1.807) is 16.6 Å². The second-order valence-corrected chi connectivity index (χ2v) is 6.21. The van der Waals surface area contributed by atoms with Gasteiger partial charge in [0.2, 0.25) is 5.82 Å². The third-order valence-corrected chi connectivity index (χ3v) is 4.49. The zero-order valence-corrected chi connectivity index (χ0v) is 13.8. The summed E-state index contributed by atoms with van der Waals surface area (Å²) in [5, 5.41) is 12.7. The van der Waals surface area contributed by atoms with E-state index in [1.165, 1.54) is 4.90 Å². The molecule has 0 aliphatic rings. The van der Waals surface area contributed by atoms with Gasteiger partial charge in [0.15, 0.2) is 0 Å². The summed E-state index contributed by atoms with van der Waals surface area (Å²) in [4.78, 5) is 2.86. The third kappa shape index (κ3) is 3.33. The normalized spacial score (nSPS) is 10.8. The van der Waals surface area contributed by atoms with Gasteiger partial charge in [-0.3, -0.25) is 0 Å². The summed E-state index contributed by atoms with van der Waals surface area (Å²) in [6.45, 7) is 0.617. The van der Waals surface area contributed by atoms with Crippen LogP contribution in [0.2, 0.25) is 0 Å². The molecule has 3 rings (SSSR count). The first-order valence-electron chi connectivity index (χ1n) is 6.42. The average molecular weight is 361 g/mol. The van der Waals surface area contributed by atoms with E-state index in [-0.39, 0.29) is 0 Å². The van der Waals surface area contributed by atoms with Gasteiger partial charge in [0.05, 0.1) is 6.54 Å². The van der Waals surface area contributed by atoms with Gasteiger partial charge in [-0.1, -0.05) is 40.2 Å². The van der Waals surface area contributed by atoms with Gasteiger partial charge in [0.25, 0.3) is 0 Å². The van der Waals surface area contributed by atoms with E-state index < -0.39 is 0 Å². The Hall–Kier alpha value is -1.66. The Morgan fingerprint density at radius 1 is 1.10 bits per heavy atom. The van der Waals surface area contributed by atoms with Crippen LogP contribution in [0.5, 0.6) is 0 Å². The molecule has 0 N–H and O–H groups in total. The van der Waals surface area contributed by atoms with Gasteiger partial charge in [0.1, 0.15) is 0 Å². The molecule has 0 radical (unpaired) electrons. The van der Waals surface area contributed by atoms with Crippen LogP contribution in [0.1, 0.15) is 5.56 Å². The number of halogens is 1. The van der Waals surface area contributed by atoms with Crippen LogP contribution >= 0.6 is 27.7 Å². The maximum atomic E-state index is 4.44. The first-order valence-corrected chi connectivity index (χ1v) is 8.43. The van der Waals surface area contributed by atoms with Crippen LogP contribution in [0, 0.1) is 0 Å². The summed E-state index contributed by atoms with van der Waals surface area (Å²) in [5.74, 6) is 0.628. The lowest BCUT2D eigenvalue weighted by atomic mass is 10.2. The lowest BCUT2D eigenvalue weighted by molar-refractivity contribution is 0.572. The number of hydrogen-bond donors (Lipinski definition) is 0. The summed E-state index contributed by atoms with van der Waals surface area (Å²) >= 11 is 5.24. The van der Waals surface area contributed by atoms with E-state index >= 15 is 0 Å². The number of benzene rings is 2. The second kappa shape index (κ2) is 6.41. The van der Waals surface area contributed by atoms with E-state index in [1.807, 2.05) is 24.3 Å². The molecule has 0 aliphatic carbocycles. The fourth-order valence-corrected chi connectivity index (χ4v) is 2.83. The van der Waals surface area contributed by atoms with Gasteiger partial charge in [-0.25, -0.2) is 0 Å². The molecule has 0 unspecified atom stereocenters. The zero-order valence-electron chi connectivity index (χ0n) is 11.4. The van der Waals surface area contributed by atoms with Crippen LogP contribution in [0.15, 0.2) is 57.9 Å². The highest BCUT2D eigenvalue weighted by molar-refractivity contribution is 9.10. The molecule has 0 fully saturated rings. The molecule has 6 heteroatoms. The van der Waals surface area contributed by atoms with Crippen molar-refractivity contribution in [3.63, 3.8) is 0 Å². The summed E-state index contributed by atoms with van der Waals surface area (Å²) in [6, 6.07) is 16.3. The quantitative estimate of drug-likeness (QED) is 0.662. The van der Waals surface area contributed by atoms with E-state index in [2.05, 4.69) is 61.9 Å². The van der Waals surface area contributed by atoms with Gasteiger partial charge in [-0.05, 0) is 41.3 Å². The Kier molecular flexibility index (Phi) is 4.36. The number of hydrogen-bond acceptors (Lipinski definition) is 4. The van der Waals surface area contributed by atoms with Crippen LogP contribution in [0.25, 0.3) is 11.4 Å². The number of tetrazole rings is 1. The van der Waals surface area contributed by atoms with E-state index in [4.69, 9.17) is 0 Å². The molecular weight excluding hydrogens is 348 g/mol. The molecule has 0 atom stereocenters. The van der Waals surface area contributed by atoms with E-state index in [9.17, 15) is 0 Å². The van der Waals surface area contributed by atoms with Crippen LogP contribution < -0.4 is 0 Å². The maximum absolute atomic E-state index is 4.44. The van der Waals surface area contributed by atoms with Crippen LogP contribution in [-0.2, 0) is 6.54 Å². The molecular formula is C15H13BrN4S. The van der Waals surface area contributed by atoms with Crippen molar-refractivity contribution in [3.05, 3.63) is 58.6 Å². The summed E-state index contributed by atoms with van der Waals surface area (Å²) in [7, 11) is 0. The number of thioether (sulfide) groups is 1. The zero-order chi connectivity index (χ0) is 14.7. The standard InChI is InChI=1S/C15H13BrN4S/c1-21-12-8-6-11(7-9-12)10-20-18-15(17-19-20)13-4-2-3-5-14(13)16/h2-9H,10H2,1H3. The smallest absolute Gasteiger partial charge is 0.159 e. The van der Waals surface area contributed by atoms with Crippen molar-refractivity contribution in [2.45, 2.75) is 11.4 Å². The van der Waals surface area contributed by atoms with Crippen molar-refractivity contribution in [3.8, 4) is 11.4 Å². The van der Waals surface area contributed by atoms with Crippen molar-refractivity contribution in [1.29, 1.82) is 0 Å². The molecule has 0 saturated heterocycles. The van der Waals surface area contributed by atoms with Crippen molar-refractivity contribution < 1.29 is 0 Å². The lowest BCUT2D eigenvalue weighted by Crippen LogP contribution is -2.03. The minimum Gasteiger partial charge on any atom is -0.159 e. The molecule has 0 aliphatic heterocycles. The van der Waals surface area contributed by atoms with Gasteiger partial charge < -0.3 is 0 Å². The summed E-state index contributed by atoms with van der Waals surface area (Å²) in [5.41, 5.74) is 2.10. The Bertz CT molecular complexity index is 739. The highest BCUT2D eigenvalue weighted by Crippen LogP contribution is 2.24. The predicted molar refractivity (Wildman–Crippen MR) is 88.3 cm³/mol. The SMILES string of the molecule is CSc1ccc(Cn2nnc(-c3ccccc3Br)n2)cc1. The Morgan fingerprint density at radius 2 is 1.86 bits per heavy atom. The Labute approximate surface area is 135 Å². The largest absolute Gasteiger partial charge is 0.206 e. The predicted octanol–water partition coefficient (Wildman–Crippen LogP) is 3.87. The molecule has 1 aromatic heterocycles. The first-order chi connectivity index (χ1) is 10.3. The molecule has 0 bridgehead atoms. The van der Waals surface area contributed by atoms with Gasteiger partial charge in [-0.15, -0.1) is 22.0 Å². The van der Waals surface area contributed by atoms with Crippen LogP contribution in [-0.4, -0.2) is 26.5 Å². The fraction of sp³-hybridized carbons (Fsp3) is 0.133. The van der Waals surface area contributed by atoms with Crippen molar-refractivity contribution >= 4 is 27.7 Å². The third-order valence-electron chi connectivity index (χ3n) is 3.05. The van der Waals surface area contributed by atoms with Crippen molar-refractivity contribution in [2.24, 2.45) is 0 Å². The highest BCUT2D eigenvalue weighted by Gasteiger charge is 2.09. The summed E-state index contributed by atoms with van der Waals surface area (Å²) < 4.78 is 0.967. The molecule has 0 amide bonds. The van der Waals surface area contributed by atoms with E-state index in [0.717, 1.165) is 15.6 Å². The second-order valence-electron chi connectivity index (χ2n) is 4.47. The Balaban J connectivity index is 1.80. The van der Waals surface area contributed by atoms with Crippen molar-refractivity contribution in [2.75, 3.05) is 6.26 Å². The Morgan fingerprint density at radius 3 is 2.57 bits per heavy atom. The number of rotatable bonds is 4. The molecule has 2 aromatic carbocycles. The molecule has 3 aromatic rings. The maximum Gasteiger partial charge on any atom is 0.206 e. The lowest BCUT2D eigenvalue weighted by Gasteiger charge is -2.01. The monoisotopic (exact) mass is 360 g/mol. The molecule has 106 valence electrons. The molecule has 0 saturated carbocycles. The topological polar surface area (TPSA) is 43.6 Å². The fourth-order valence-electron chi connectivity index (χ4n) is 1.95. The van der Waals surface area contributed by atoms with Gasteiger partial charge >= 0.3 is 0 Å². The minimum absolute atomic E-state index is 0.617. The number of nitrogens with zero attached hydrogens (tertiary/aromatic N) is 4. The molecule has 1 heterocycles.